The lowest BCUT2D eigenvalue weighted by Crippen LogP contribution is -2.12. The van der Waals surface area contributed by atoms with Gasteiger partial charge in [0.15, 0.2) is 17.1 Å². The Labute approximate surface area is 169 Å². The average Bonchev–Trinajstić information content (AvgIpc) is 3.35. The average molecular weight is 409 g/mol. The maximum absolute atomic E-state index is 12.7. The first-order chi connectivity index (χ1) is 14.2. The molecule has 0 spiro atoms. The lowest BCUT2D eigenvalue weighted by molar-refractivity contribution is 0.102. The molecule has 0 atom stereocenters. The molecule has 1 amide bonds. The van der Waals surface area contributed by atoms with Crippen LogP contribution in [0, 0.1) is 0 Å². The first-order valence-electron chi connectivity index (χ1n) is 8.60. The van der Waals surface area contributed by atoms with Gasteiger partial charge >= 0.3 is 0 Å². The summed E-state index contributed by atoms with van der Waals surface area (Å²) in [6, 6.07) is 12.2. The zero-order valence-corrected chi connectivity index (χ0v) is 15.5. The Morgan fingerprint density at radius 3 is 2.90 bits per heavy atom. The van der Waals surface area contributed by atoms with E-state index >= 15 is 0 Å². The Hall–Kier alpha value is -3.85. The van der Waals surface area contributed by atoms with Crippen molar-refractivity contribution < 1.29 is 14.3 Å². The number of H-pyrrole nitrogens is 1. The molecule has 2 aromatic carbocycles. The number of aromatic nitrogens is 4. The second-order valence-electron chi connectivity index (χ2n) is 6.18. The van der Waals surface area contributed by atoms with E-state index in [2.05, 4.69) is 30.8 Å². The van der Waals surface area contributed by atoms with E-state index in [4.69, 9.17) is 21.1 Å². The highest BCUT2D eigenvalue weighted by Crippen LogP contribution is 2.33. The van der Waals surface area contributed by atoms with E-state index in [0.717, 1.165) is 5.69 Å². The van der Waals surface area contributed by atoms with E-state index in [-0.39, 0.29) is 12.7 Å². The monoisotopic (exact) mass is 408 g/mol. The van der Waals surface area contributed by atoms with Gasteiger partial charge < -0.3 is 20.1 Å². The van der Waals surface area contributed by atoms with Gasteiger partial charge in [-0.2, -0.15) is 5.10 Å². The third-order valence-electron chi connectivity index (χ3n) is 4.31. The van der Waals surface area contributed by atoms with Crippen molar-refractivity contribution in [3.8, 4) is 11.5 Å². The highest BCUT2D eigenvalue weighted by Gasteiger charge is 2.19. The van der Waals surface area contributed by atoms with Gasteiger partial charge in [-0.25, -0.2) is 9.97 Å². The largest absolute Gasteiger partial charge is 0.454 e. The Morgan fingerprint density at radius 2 is 2.00 bits per heavy atom. The number of hydrogen-bond donors (Lipinski definition) is 3. The highest BCUT2D eigenvalue weighted by molar-refractivity contribution is 6.30. The standard InChI is InChI=1S/C19H13ClN6O3/c20-11-2-1-3-12(7-11)23-16-15-17(22-8-21-16)25-26-18(15)24-19(27)10-4-5-13-14(6-10)29-9-28-13/h1-8H,9H2,(H3,21,22,23,24,25,26,27). The predicted molar refractivity (Wildman–Crippen MR) is 107 cm³/mol. The number of aromatic amines is 1. The number of hydrogen-bond acceptors (Lipinski definition) is 7. The number of fused-ring (bicyclic) bond motifs is 2. The summed E-state index contributed by atoms with van der Waals surface area (Å²) in [6.07, 6.45) is 1.39. The second-order valence-corrected chi connectivity index (χ2v) is 6.61. The van der Waals surface area contributed by atoms with Crippen LogP contribution in [0.1, 0.15) is 10.4 Å². The fourth-order valence-electron chi connectivity index (χ4n) is 2.97. The summed E-state index contributed by atoms with van der Waals surface area (Å²) >= 11 is 6.05. The minimum absolute atomic E-state index is 0.140. The molecular formula is C19H13ClN6O3. The Kier molecular flexibility index (Phi) is 4.14. The number of carbonyl (C=O) groups excluding carboxylic acids is 1. The number of nitrogens with one attached hydrogen (secondary N) is 3. The SMILES string of the molecule is O=C(Nc1[nH]nc2ncnc(Nc3cccc(Cl)c3)c12)c1ccc2c(c1)OCO2. The molecule has 29 heavy (non-hydrogen) atoms. The summed E-state index contributed by atoms with van der Waals surface area (Å²) in [4.78, 5) is 21.2. The lowest BCUT2D eigenvalue weighted by Gasteiger charge is -2.09. The first kappa shape index (κ1) is 17.3. The van der Waals surface area contributed by atoms with Gasteiger partial charge in [0.25, 0.3) is 5.91 Å². The fourth-order valence-corrected chi connectivity index (χ4v) is 3.16. The molecule has 2 aromatic heterocycles. The number of ether oxygens (including phenoxy) is 2. The van der Waals surface area contributed by atoms with Gasteiger partial charge in [0.1, 0.15) is 23.3 Å². The third kappa shape index (κ3) is 3.27. The van der Waals surface area contributed by atoms with Crippen molar-refractivity contribution in [2.45, 2.75) is 0 Å². The highest BCUT2D eigenvalue weighted by atomic mass is 35.5. The fraction of sp³-hybridized carbons (Fsp3) is 0.0526. The molecule has 0 saturated heterocycles. The van der Waals surface area contributed by atoms with Crippen LogP contribution in [0.5, 0.6) is 11.5 Å². The molecule has 3 N–H and O–H groups in total. The number of amides is 1. The quantitative estimate of drug-likeness (QED) is 0.471. The van der Waals surface area contributed by atoms with E-state index in [0.29, 0.717) is 44.8 Å². The summed E-state index contributed by atoms with van der Waals surface area (Å²) < 4.78 is 10.6. The van der Waals surface area contributed by atoms with Crippen LogP contribution in [-0.4, -0.2) is 32.9 Å². The Morgan fingerprint density at radius 1 is 1.10 bits per heavy atom. The topological polar surface area (TPSA) is 114 Å². The predicted octanol–water partition coefficient (Wildman–Crippen LogP) is 3.73. The normalized spacial score (nSPS) is 12.2. The minimum Gasteiger partial charge on any atom is -0.454 e. The van der Waals surface area contributed by atoms with Gasteiger partial charge in [0.2, 0.25) is 6.79 Å². The van der Waals surface area contributed by atoms with Crippen LogP contribution in [0.4, 0.5) is 17.3 Å². The summed E-state index contributed by atoms with van der Waals surface area (Å²) in [5, 5.41) is 14.1. The molecule has 0 aliphatic carbocycles. The van der Waals surface area contributed by atoms with Gasteiger partial charge in [-0.15, -0.1) is 0 Å². The second kappa shape index (κ2) is 6.95. The molecule has 0 radical (unpaired) electrons. The molecule has 0 saturated carbocycles. The molecule has 0 bridgehead atoms. The maximum atomic E-state index is 12.7. The van der Waals surface area contributed by atoms with Gasteiger partial charge in [-0.1, -0.05) is 17.7 Å². The molecule has 1 aliphatic heterocycles. The lowest BCUT2D eigenvalue weighted by atomic mass is 10.2. The summed E-state index contributed by atoms with van der Waals surface area (Å²) in [5.41, 5.74) is 1.57. The number of halogens is 1. The number of rotatable bonds is 4. The van der Waals surface area contributed by atoms with Gasteiger partial charge in [-0.3, -0.25) is 9.89 Å². The zero-order chi connectivity index (χ0) is 19.8. The number of anilines is 3. The smallest absolute Gasteiger partial charge is 0.256 e. The summed E-state index contributed by atoms with van der Waals surface area (Å²) in [6.45, 7) is 0.140. The Balaban J connectivity index is 1.46. The van der Waals surface area contributed by atoms with Crippen molar-refractivity contribution in [3.05, 3.63) is 59.4 Å². The van der Waals surface area contributed by atoms with Crippen LogP contribution in [0.25, 0.3) is 11.0 Å². The van der Waals surface area contributed by atoms with Crippen molar-refractivity contribution in [1.29, 1.82) is 0 Å². The van der Waals surface area contributed by atoms with Crippen LogP contribution >= 0.6 is 11.6 Å². The van der Waals surface area contributed by atoms with Crippen molar-refractivity contribution in [1.82, 2.24) is 20.2 Å². The van der Waals surface area contributed by atoms with Crippen LogP contribution in [0.2, 0.25) is 5.02 Å². The van der Waals surface area contributed by atoms with Crippen molar-refractivity contribution in [2.24, 2.45) is 0 Å². The summed E-state index contributed by atoms with van der Waals surface area (Å²) in [5.74, 6) is 1.64. The number of carbonyl (C=O) groups is 1. The zero-order valence-electron chi connectivity index (χ0n) is 14.8. The molecule has 144 valence electrons. The van der Waals surface area contributed by atoms with Crippen LogP contribution in [-0.2, 0) is 0 Å². The van der Waals surface area contributed by atoms with Crippen LogP contribution in [0.3, 0.4) is 0 Å². The molecule has 9 nitrogen and oxygen atoms in total. The minimum atomic E-state index is -0.341. The van der Waals surface area contributed by atoms with E-state index in [1.807, 2.05) is 12.1 Å². The molecule has 1 aliphatic rings. The van der Waals surface area contributed by atoms with Crippen molar-refractivity contribution in [3.63, 3.8) is 0 Å². The van der Waals surface area contributed by atoms with E-state index in [1.54, 1.807) is 30.3 Å². The third-order valence-corrected chi connectivity index (χ3v) is 4.55. The van der Waals surface area contributed by atoms with E-state index < -0.39 is 0 Å². The van der Waals surface area contributed by atoms with Crippen molar-refractivity contribution in [2.75, 3.05) is 17.4 Å². The van der Waals surface area contributed by atoms with Gasteiger partial charge in [0.05, 0.1) is 0 Å². The van der Waals surface area contributed by atoms with Gasteiger partial charge in [0, 0.05) is 16.3 Å². The molecule has 10 heteroatoms. The molecule has 5 rings (SSSR count). The maximum Gasteiger partial charge on any atom is 0.256 e. The molecule has 3 heterocycles. The van der Waals surface area contributed by atoms with Crippen LogP contribution < -0.4 is 20.1 Å². The van der Waals surface area contributed by atoms with E-state index in [9.17, 15) is 4.79 Å². The van der Waals surface area contributed by atoms with Crippen LogP contribution in [0.15, 0.2) is 48.8 Å². The Bertz CT molecular complexity index is 1240. The molecular weight excluding hydrogens is 396 g/mol. The number of benzene rings is 2. The number of nitrogens with zero attached hydrogens (tertiary/aromatic N) is 3. The molecule has 4 aromatic rings. The van der Waals surface area contributed by atoms with E-state index in [1.165, 1.54) is 6.33 Å². The first-order valence-corrected chi connectivity index (χ1v) is 8.98. The van der Waals surface area contributed by atoms with Crippen molar-refractivity contribution >= 4 is 45.9 Å². The van der Waals surface area contributed by atoms with Gasteiger partial charge in [-0.05, 0) is 36.4 Å². The molecule has 0 fully saturated rings. The summed E-state index contributed by atoms with van der Waals surface area (Å²) in [7, 11) is 0. The molecule has 0 unspecified atom stereocenters.